The minimum absolute atomic E-state index is 0.00320. The Morgan fingerprint density at radius 3 is 2.86 bits per heavy atom. The Morgan fingerprint density at radius 2 is 2.43 bits per heavy atom. The average Bonchev–Trinajstić information content (AvgIpc) is 2.48. The molecule has 1 aromatic heterocycles. The Bertz CT molecular complexity index is 275. The zero-order chi connectivity index (χ0) is 10.6. The van der Waals surface area contributed by atoms with Crippen molar-refractivity contribution in [2.75, 3.05) is 19.8 Å². The van der Waals surface area contributed by atoms with Gasteiger partial charge in [0, 0.05) is 15.9 Å². The van der Waals surface area contributed by atoms with Crippen LogP contribution in [0.1, 0.15) is 11.0 Å². The third-order valence-electron chi connectivity index (χ3n) is 1.61. The van der Waals surface area contributed by atoms with Gasteiger partial charge in [-0.25, -0.2) is 0 Å². The number of halogens is 2. The molecule has 6 heteroatoms. The Labute approximate surface area is 100.0 Å². The number of nitrogens with two attached hydrogens (primary N) is 1. The molecule has 0 aromatic carbocycles. The first-order valence-electron chi connectivity index (χ1n) is 4.06. The van der Waals surface area contributed by atoms with Gasteiger partial charge in [0.15, 0.2) is 0 Å². The van der Waals surface area contributed by atoms with Crippen molar-refractivity contribution >= 4 is 38.9 Å². The highest BCUT2D eigenvalue weighted by molar-refractivity contribution is 9.10. The van der Waals surface area contributed by atoms with E-state index in [0.717, 1.165) is 9.35 Å². The number of rotatable bonds is 5. The fourth-order valence-corrected chi connectivity index (χ4v) is 2.78. The molecule has 1 heterocycles. The maximum Gasteiger partial charge on any atom is 0.107 e. The Balaban J connectivity index is 2.68. The molecule has 0 aliphatic carbocycles. The largest absolute Gasteiger partial charge is 0.394 e. The molecule has 0 saturated carbocycles. The van der Waals surface area contributed by atoms with Gasteiger partial charge in [-0.3, -0.25) is 0 Å². The molecule has 0 radical (unpaired) electrons. The normalized spacial score (nSPS) is 13.1. The van der Waals surface area contributed by atoms with Gasteiger partial charge in [-0.1, -0.05) is 11.6 Å². The summed E-state index contributed by atoms with van der Waals surface area (Å²) in [6.07, 6.45) is -0.184. The summed E-state index contributed by atoms with van der Waals surface area (Å²) in [5.74, 6) is 0. The van der Waals surface area contributed by atoms with Crippen molar-refractivity contribution < 1.29 is 9.84 Å². The molecule has 0 bridgehead atoms. The highest BCUT2D eigenvalue weighted by atomic mass is 79.9. The van der Waals surface area contributed by atoms with Crippen molar-refractivity contribution in [1.82, 2.24) is 0 Å². The van der Waals surface area contributed by atoms with Crippen LogP contribution in [0.5, 0.6) is 0 Å². The van der Waals surface area contributed by atoms with Crippen molar-refractivity contribution in [1.29, 1.82) is 0 Å². The van der Waals surface area contributed by atoms with Crippen molar-refractivity contribution in [3.63, 3.8) is 0 Å². The molecule has 1 unspecified atom stereocenters. The molecular formula is C8H11BrClNO2S. The Kier molecular flexibility index (Phi) is 5.36. The average molecular weight is 301 g/mol. The first-order valence-corrected chi connectivity index (χ1v) is 6.05. The van der Waals surface area contributed by atoms with E-state index in [-0.39, 0.29) is 19.3 Å². The number of ether oxygens (including phenoxy) is 1. The Morgan fingerprint density at radius 1 is 1.71 bits per heavy atom. The lowest BCUT2D eigenvalue weighted by atomic mass is 10.3. The molecule has 0 fully saturated rings. The second-order valence-electron chi connectivity index (χ2n) is 2.59. The van der Waals surface area contributed by atoms with Crippen LogP contribution in [0.2, 0.25) is 4.34 Å². The highest BCUT2D eigenvalue weighted by Crippen LogP contribution is 2.35. The van der Waals surface area contributed by atoms with Gasteiger partial charge in [-0.15, -0.1) is 11.3 Å². The summed E-state index contributed by atoms with van der Waals surface area (Å²) >= 11 is 10.6. The van der Waals surface area contributed by atoms with E-state index in [1.54, 1.807) is 0 Å². The van der Waals surface area contributed by atoms with Crippen molar-refractivity contribution in [2.24, 2.45) is 5.73 Å². The van der Waals surface area contributed by atoms with Crippen LogP contribution in [-0.4, -0.2) is 24.9 Å². The van der Waals surface area contributed by atoms with Crippen LogP contribution < -0.4 is 5.73 Å². The van der Waals surface area contributed by atoms with Crippen LogP contribution >= 0.6 is 38.9 Å². The number of aliphatic hydroxyl groups is 1. The van der Waals surface area contributed by atoms with Gasteiger partial charge in [-0.05, 0) is 22.0 Å². The maximum absolute atomic E-state index is 8.62. The van der Waals surface area contributed by atoms with Gasteiger partial charge in [0.05, 0.1) is 13.2 Å². The number of aliphatic hydroxyl groups excluding tert-OH is 1. The predicted molar refractivity (Wildman–Crippen MR) is 61.9 cm³/mol. The molecule has 80 valence electrons. The van der Waals surface area contributed by atoms with E-state index in [1.807, 2.05) is 6.07 Å². The summed E-state index contributed by atoms with van der Waals surface area (Å²) in [5, 5.41) is 8.62. The molecule has 0 saturated heterocycles. The lowest BCUT2D eigenvalue weighted by Gasteiger charge is -2.12. The van der Waals surface area contributed by atoms with Gasteiger partial charge in [0.1, 0.15) is 10.4 Å². The van der Waals surface area contributed by atoms with Gasteiger partial charge >= 0.3 is 0 Å². The molecule has 1 rings (SSSR count). The van der Waals surface area contributed by atoms with Gasteiger partial charge in [0.25, 0.3) is 0 Å². The topological polar surface area (TPSA) is 55.5 Å². The standard InChI is InChI=1S/C8H11BrClNO2S/c9-5-3-7(14-8(5)10)6(4-11)13-2-1-12/h3,6,12H,1-2,4,11H2. The predicted octanol–water partition coefficient (Wildman–Crippen LogP) is 2.17. The molecule has 0 aliphatic heterocycles. The summed E-state index contributed by atoms with van der Waals surface area (Å²) in [4.78, 5) is 0.970. The number of hydrogen-bond donors (Lipinski definition) is 2. The fraction of sp³-hybridized carbons (Fsp3) is 0.500. The summed E-state index contributed by atoms with van der Waals surface area (Å²) in [5.41, 5.74) is 5.55. The van der Waals surface area contributed by atoms with Gasteiger partial charge in [0.2, 0.25) is 0 Å². The van der Waals surface area contributed by atoms with E-state index in [9.17, 15) is 0 Å². The van der Waals surface area contributed by atoms with Gasteiger partial charge < -0.3 is 15.6 Å². The first kappa shape index (κ1) is 12.4. The van der Waals surface area contributed by atoms with Crippen LogP contribution in [-0.2, 0) is 4.74 Å². The smallest absolute Gasteiger partial charge is 0.107 e. The maximum atomic E-state index is 8.62. The molecule has 0 spiro atoms. The molecule has 3 nitrogen and oxygen atoms in total. The zero-order valence-electron chi connectivity index (χ0n) is 7.37. The van der Waals surface area contributed by atoms with Crippen molar-refractivity contribution in [2.45, 2.75) is 6.10 Å². The summed E-state index contributed by atoms with van der Waals surface area (Å²) < 4.78 is 6.89. The third kappa shape index (κ3) is 3.18. The van der Waals surface area contributed by atoms with Crippen LogP contribution in [0.4, 0.5) is 0 Å². The van der Waals surface area contributed by atoms with E-state index in [2.05, 4.69) is 15.9 Å². The second-order valence-corrected chi connectivity index (χ2v) is 5.13. The van der Waals surface area contributed by atoms with Crippen LogP contribution in [0.25, 0.3) is 0 Å². The van der Waals surface area contributed by atoms with E-state index >= 15 is 0 Å². The fourth-order valence-electron chi connectivity index (χ4n) is 0.983. The van der Waals surface area contributed by atoms with E-state index in [4.69, 9.17) is 27.2 Å². The van der Waals surface area contributed by atoms with Crippen LogP contribution in [0.3, 0.4) is 0 Å². The SMILES string of the molecule is NCC(OCCO)c1cc(Br)c(Cl)s1. The number of hydrogen-bond acceptors (Lipinski definition) is 4. The monoisotopic (exact) mass is 299 g/mol. The quantitative estimate of drug-likeness (QED) is 0.876. The summed E-state index contributed by atoms with van der Waals surface area (Å²) in [7, 11) is 0. The van der Waals surface area contributed by atoms with E-state index < -0.39 is 0 Å². The van der Waals surface area contributed by atoms with E-state index in [1.165, 1.54) is 11.3 Å². The molecule has 14 heavy (non-hydrogen) atoms. The van der Waals surface area contributed by atoms with E-state index in [0.29, 0.717) is 10.9 Å². The lowest BCUT2D eigenvalue weighted by molar-refractivity contribution is 0.0348. The number of thiophene rings is 1. The zero-order valence-corrected chi connectivity index (χ0v) is 10.5. The Hall–Kier alpha value is 0.350. The minimum Gasteiger partial charge on any atom is -0.394 e. The summed E-state index contributed by atoms with van der Waals surface area (Å²) in [6.45, 7) is 0.662. The molecule has 0 amide bonds. The first-order chi connectivity index (χ1) is 6.69. The summed E-state index contributed by atoms with van der Waals surface area (Å²) in [6, 6.07) is 1.89. The lowest BCUT2D eigenvalue weighted by Crippen LogP contribution is -2.16. The molecule has 0 aliphatic rings. The van der Waals surface area contributed by atoms with Crippen molar-refractivity contribution in [3.05, 3.63) is 19.8 Å². The second kappa shape index (κ2) is 6.05. The molecular weight excluding hydrogens is 290 g/mol. The van der Waals surface area contributed by atoms with Crippen molar-refractivity contribution in [3.8, 4) is 0 Å². The molecule has 1 atom stereocenters. The molecule has 3 N–H and O–H groups in total. The minimum atomic E-state index is -0.184. The highest BCUT2D eigenvalue weighted by Gasteiger charge is 2.14. The van der Waals surface area contributed by atoms with Crippen LogP contribution in [0.15, 0.2) is 10.5 Å². The molecule has 1 aromatic rings. The van der Waals surface area contributed by atoms with Gasteiger partial charge in [-0.2, -0.15) is 0 Å². The van der Waals surface area contributed by atoms with Crippen LogP contribution in [0, 0.1) is 0 Å². The third-order valence-corrected chi connectivity index (χ3v) is 4.17.